The van der Waals surface area contributed by atoms with Gasteiger partial charge in [-0.2, -0.15) is 10.4 Å². The predicted molar refractivity (Wildman–Crippen MR) is 80.7 cm³/mol. The first-order chi connectivity index (χ1) is 9.93. The smallest absolute Gasteiger partial charge is 0.248 e. The van der Waals surface area contributed by atoms with E-state index in [0.717, 1.165) is 11.4 Å². The summed E-state index contributed by atoms with van der Waals surface area (Å²) in [5, 5.41) is 13.2. The van der Waals surface area contributed by atoms with E-state index in [0.29, 0.717) is 16.9 Å². The van der Waals surface area contributed by atoms with Gasteiger partial charge in [-0.1, -0.05) is 6.07 Å². The van der Waals surface area contributed by atoms with E-state index >= 15 is 0 Å². The number of nitriles is 1. The number of rotatable bonds is 3. The molecule has 1 aromatic carbocycles. The summed E-state index contributed by atoms with van der Waals surface area (Å²) in [5.41, 5.74) is 9.15. The molecule has 21 heavy (non-hydrogen) atoms. The Balaban J connectivity index is 2.19. The maximum atomic E-state index is 12.3. The minimum Gasteiger partial charge on any atom is -0.396 e. The van der Waals surface area contributed by atoms with Crippen molar-refractivity contribution in [3.63, 3.8) is 0 Å². The highest BCUT2D eigenvalue weighted by Crippen LogP contribution is 2.17. The lowest BCUT2D eigenvalue weighted by atomic mass is 10.2. The molecule has 6 nitrogen and oxygen atoms in total. The maximum absolute atomic E-state index is 12.3. The van der Waals surface area contributed by atoms with Crippen LogP contribution in [0.25, 0.3) is 0 Å². The standard InChI is InChI=1S/C15H17N5O/c1-10-15(17)11(2)20(18-10)9-14(21)19(3)13-6-4-5-12(7-13)8-16/h4-7H,9,17H2,1-3H3. The molecule has 0 bridgehead atoms. The molecule has 0 saturated carbocycles. The molecule has 0 fully saturated rings. The number of anilines is 2. The number of carbonyl (C=O) groups excluding carboxylic acids is 1. The second-order valence-electron chi connectivity index (χ2n) is 4.86. The lowest BCUT2D eigenvalue weighted by Crippen LogP contribution is -2.30. The van der Waals surface area contributed by atoms with Gasteiger partial charge in [0.05, 0.1) is 28.7 Å². The number of nitrogens with zero attached hydrogens (tertiary/aromatic N) is 4. The first-order valence-corrected chi connectivity index (χ1v) is 6.50. The molecule has 0 atom stereocenters. The molecule has 0 unspecified atom stereocenters. The minimum absolute atomic E-state index is 0.108. The van der Waals surface area contributed by atoms with Crippen LogP contribution in [0.5, 0.6) is 0 Å². The number of hydrogen-bond acceptors (Lipinski definition) is 4. The molecule has 108 valence electrons. The van der Waals surface area contributed by atoms with E-state index in [1.54, 1.807) is 36.0 Å². The predicted octanol–water partition coefficient (Wildman–Crippen LogP) is 1.62. The van der Waals surface area contributed by atoms with Gasteiger partial charge < -0.3 is 10.6 Å². The number of nitrogens with two attached hydrogens (primary N) is 1. The number of likely N-dealkylation sites (N-methyl/N-ethyl adjacent to an activating group) is 1. The van der Waals surface area contributed by atoms with Gasteiger partial charge in [-0.05, 0) is 32.0 Å². The zero-order valence-corrected chi connectivity index (χ0v) is 12.3. The summed E-state index contributed by atoms with van der Waals surface area (Å²) in [6.07, 6.45) is 0. The molecule has 0 aliphatic rings. The molecular formula is C15H17N5O. The van der Waals surface area contributed by atoms with E-state index < -0.39 is 0 Å². The van der Waals surface area contributed by atoms with Gasteiger partial charge in [-0.25, -0.2) is 0 Å². The number of carbonyl (C=O) groups is 1. The summed E-state index contributed by atoms with van der Waals surface area (Å²) >= 11 is 0. The first kappa shape index (κ1) is 14.6. The van der Waals surface area contributed by atoms with Crippen LogP contribution in [0.15, 0.2) is 24.3 Å². The Kier molecular flexibility index (Phi) is 3.94. The van der Waals surface area contributed by atoms with Crippen LogP contribution in [0.3, 0.4) is 0 Å². The Morgan fingerprint density at radius 1 is 1.48 bits per heavy atom. The quantitative estimate of drug-likeness (QED) is 0.927. The third-order valence-electron chi connectivity index (χ3n) is 3.46. The van der Waals surface area contributed by atoms with Gasteiger partial charge >= 0.3 is 0 Å². The second kappa shape index (κ2) is 5.67. The summed E-state index contributed by atoms with van der Waals surface area (Å²) in [6.45, 7) is 3.75. The normalized spacial score (nSPS) is 10.2. The number of benzene rings is 1. The fourth-order valence-electron chi connectivity index (χ4n) is 2.03. The van der Waals surface area contributed by atoms with Crippen molar-refractivity contribution in [2.24, 2.45) is 0 Å². The Bertz CT molecular complexity index is 726. The van der Waals surface area contributed by atoms with Crippen LogP contribution in [0.1, 0.15) is 17.0 Å². The molecule has 1 aromatic heterocycles. The molecule has 2 rings (SSSR count). The van der Waals surface area contributed by atoms with Crippen LogP contribution < -0.4 is 10.6 Å². The number of nitrogen functional groups attached to an aromatic ring is 1. The topological polar surface area (TPSA) is 87.9 Å². The van der Waals surface area contributed by atoms with Crippen molar-refractivity contribution >= 4 is 17.3 Å². The fraction of sp³-hybridized carbons (Fsp3) is 0.267. The van der Waals surface area contributed by atoms with Crippen LogP contribution >= 0.6 is 0 Å². The van der Waals surface area contributed by atoms with Gasteiger partial charge in [0.1, 0.15) is 6.54 Å². The average molecular weight is 283 g/mol. The fourth-order valence-corrected chi connectivity index (χ4v) is 2.03. The van der Waals surface area contributed by atoms with Crippen LogP contribution in [0.4, 0.5) is 11.4 Å². The van der Waals surface area contributed by atoms with Gasteiger partial charge in [-0.3, -0.25) is 9.48 Å². The molecular weight excluding hydrogens is 266 g/mol. The maximum Gasteiger partial charge on any atom is 0.248 e. The Labute approximate surface area is 123 Å². The highest BCUT2D eigenvalue weighted by atomic mass is 16.2. The van der Waals surface area contributed by atoms with Crippen molar-refractivity contribution in [3.8, 4) is 6.07 Å². The zero-order chi connectivity index (χ0) is 15.6. The van der Waals surface area contributed by atoms with E-state index in [1.165, 1.54) is 4.90 Å². The molecule has 1 amide bonds. The van der Waals surface area contributed by atoms with Crippen LogP contribution in [0.2, 0.25) is 0 Å². The monoisotopic (exact) mass is 283 g/mol. The molecule has 0 aliphatic heterocycles. The summed E-state index contributed by atoms with van der Waals surface area (Å²) in [7, 11) is 1.67. The van der Waals surface area contributed by atoms with E-state index in [4.69, 9.17) is 11.0 Å². The van der Waals surface area contributed by atoms with Crippen molar-refractivity contribution in [3.05, 3.63) is 41.2 Å². The van der Waals surface area contributed by atoms with Gasteiger partial charge in [0.2, 0.25) is 5.91 Å². The molecule has 0 aliphatic carbocycles. The Morgan fingerprint density at radius 3 is 2.76 bits per heavy atom. The average Bonchev–Trinajstić information content (AvgIpc) is 2.73. The highest BCUT2D eigenvalue weighted by molar-refractivity contribution is 5.92. The van der Waals surface area contributed by atoms with E-state index in [9.17, 15) is 4.79 Å². The molecule has 6 heteroatoms. The van der Waals surface area contributed by atoms with E-state index in [-0.39, 0.29) is 12.5 Å². The number of aryl methyl sites for hydroxylation is 1. The van der Waals surface area contributed by atoms with Gasteiger partial charge in [0, 0.05) is 12.7 Å². The molecule has 0 saturated heterocycles. The largest absolute Gasteiger partial charge is 0.396 e. The van der Waals surface area contributed by atoms with Crippen molar-refractivity contribution in [2.45, 2.75) is 20.4 Å². The SMILES string of the molecule is Cc1nn(CC(=O)N(C)c2cccc(C#N)c2)c(C)c1N. The lowest BCUT2D eigenvalue weighted by molar-refractivity contribution is -0.119. The summed E-state index contributed by atoms with van der Waals surface area (Å²) in [4.78, 5) is 13.8. The van der Waals surface area contributed by atoms with E-state index in [2.05, 4.69) is 11.2 Å². The Hall–Kier alpha value is -2.81. The number of aromatic nitrogens is 2. The van der Waals surface area contributed by atoms with Crippen LogP contribution in [-0.2, 0) is 11.3 Å². The second-order valence-corrected chi connectivity index (χ2v) is 4.86. The molecule has 2 aromatic rings. The van der Waals surface area contributed by atoms with Crippen molar-refractivity contribution in [1.29, 1.82) is 5.26 Å². The summed E-state index contributed by atoms with van der Waals surface area (Å²) < 4.78 is 1.59. The lowest BCUT2D eigenvalue weighted by Gasteiger charge is -2.18. The van der Waals surface area contributed by atoms with Crippen LogP contribution in [-0.4, -0.2) is 22.7 Å². The minimum atomic E-state index is -0.129. The third kappa shape index (κ3) is 2.87. The van der Waals surface area contributed by atoms with Crippen molar-refractivity contribution in [2.75, 3.05) is 17.7 Å². The van der Waals surface area contributed by atoms with Crippen molar-refractivity contribution in [1.82, 2.24) is 9.78 Å². The van der Waals surface area contributed by atoms with Gasteiger partial charge in [-0.15, -0.1) is 0 Å². The molecule has 0 radical (unpaired) electrons. The number of amides is 1. The number of hydrogen-bond donors (Lipinski definition) is 1. The van der Waals surface area contributed by atoms with Crippen molar-refractivity contribution < 1.29 is 4.79 Å². The highest BCUT2D eigenvalue weighted by Gasteiger charge is 2.15. The zero-order valence-electron chi connectivity index (χ0n) is 12.3. The van der Waals surface area contributed by atoms with E-state index in [1.807, 2.05) is 13.8 Å². The summed E-state index contributed by atoms with van der Waals surface area (Å²) in [5.74, 6) is -0.129. The van der Waals surface area contributed by atoms with Gasteiger partial charge in [0.25, 0.3) is 0 Å². The molecule has 0 spiro atoms. The summed E-state index contributed by atoms with van der Waals surface area (Å²) in [6, 6.07) is 8.97. The first-order valence-electron chi connectivity index (χ1n) is 6.50. The molecule has 1 heterocycles. The third-order valence-corrected chi connectivity index (χ3v) is 3.46. The Morgan fingerprint density at radius 2 is 2.19 bits per heavy atom. The van der Waals surface area contributed by atoms with Crippen LogP contribution in [0, 0.1) is 25.2 Å². The molecule has 2 N–H and O–H groups in total. The van der Waals surface area contributed by atoms with Gasteiger partial charge in [0.15, 0.2) is 0 Å².